The standard InChI is InChI=1S/C18H20N4O/c1-4-20-14(3)21-13(2)15-7-5-9-17(11-15)22-18(23)16-8-6-10-19-12-16/h4-13,21H,3H2,1-2H3,(H,22,23)/b20-4-. The molecule has 1 heterocycles. The molecule has 0 aliphatic heterocycles. The Bertz CT molecular complexity index is 710. The molecule has 0 aliphatic carbocycles. The second kappa shape index (κ2) is 7.89. The molecule has 1 atom stereocenters. The van der Waals surface area contributed by atoms with Crippen molar-refractivity contribution in [2.45, 2.75) is 19.9 Å². The minimum absolute atomic E-state index is 0.0291. The predicted octanol–water partition coefficient (Wildman–Crippen LogP) is 3.55. The molecular weight excluding hydrogens is 288 g/mol. The van der Waals surface area contributed by atoms with Crippen LogP contribution in [0.15, 0.2) is 66.2 Å². The van der Waals surface area contributed by atoms with E-state index in [4.69, 9.17) is 0 Å². The van der Waals surface area contributed by atoms with Gasteiger partial charge in [-0.1, -0.05) is 18.7 Å². The number of nitrogens with one attached hydrogen (secondary N) is 2. The van der Waals surface area contributed by atoms with E-state index in [2.05, 4.69) is 27.2 Å². The Kier molecular flexibility index (Phi) is 5.63. The molecule has 0 spiro atoms. The van der Waals surface area contributed by atoms with Crippen molar-refractivity contribution in [3.8, 4) is 0 Å². The van der Waals surface area contributed by atoms with Gasteiger partial charge in [0.2, 0.25) is 0 Å². The van der Waals surface area contributed by atoms with Crippen molar-refractivity contribution in [3.05, 3.63) is 72.3 Å². The molecule has 1 amide bonds. The first-order valence-electron chi connectivity index (χ1n) is 7.35. The van der Waals surface area contributed by atoms with Gasteiger partial charge in [-0.05, 0) is 43.7 Å². The molecule has 2 N–H and O–H groups in total. The fourth-order valence-corrected chi connectivity index (χ4v) is 2.11. The topological polar surface area (TPSA) is 66.4 Å². The second-order valence-corrected chi connectivity index (χ2v) is 5.02. The van der Waals surface area contributed by atoms with Gasteiger partial charge in [0.05, 0.1) is 5.56 Å². The SMILES string of the molecule is C=C(/N=C\C)NC(C)c1cccc(NC(=O)c2cccnc2)c1. The van der Waals surface area contributed by atoms with E-state index >= 15 is 0 Å². The average molecular weight is 308 g/mol. The van der Waals surface area contributed by atoms with Crippen molar-refractivity contribution >= 4 is 17.8 Å². The zero-order valence-corrected chi connectivity index (χ0v) is 13.3. The van der Waals surface area contributed by atoms with Crippen molar-refractivity contribution in [2.75, 3.05) is 5.32 Å². The molecule has 0 aliphatic rings. The lowest BCUT2D eigenvalue weighted by Crippen LogP contribution is -2.17. The highest BCUT2D eigenvalue weighted by Crippen LogP contribution is 2.19. The molecule has 23 heavy (non-hydrogen) atoms. The summed E-state index contributed by atoms with van der Waals surface area (Å²) in [5.41, 5.74) is 2.28. The van der Waals surface area contributed by atoms with Crippen LogP contribution in [0.25, 0.3) is 0 Å². The molecule has 1 aromatic heterocycles. The van der Waals surface area contributed by atoms with Gasteiger partial charge in [-0.15, -0.1) is 0 Å². The molecule has 5 heteroatoms. The van der Waals surface area contributed by atoms with E-state index in [0.717, 1.165) is 11.3 Å². The summed E-state index contributed by atoms with van der Waals surface area (Å²) in [6.07, 6.45) is 4.86. The molecule has 5 nitrogen and oxygen atoms in total. The van der Waals surface area contributed by atoms with E-state index in [0.29, 0.717) is 11.4 Å². The van der Waals surface area contributed by atoms with Crippen LogP contribution in [0, 0.1) is 0 Å². The minimum atomic E-state index is -0.184. The van der Waals surface area contributed by atoms with Crippen LogP contribution in [-0.4, -0.2) is 17.1 Å². The number of hydrogen-bond acceptors (Lipinski definition) is 4. The third-order valence-electron chi connectivity index (χ3n) is 3.24. The van der Waals surface area contributed by atoms with E-state index in [-0.39, 0.29) is 11.9 Å². The Morgan fingerprint density at radius 2 is 2.17 bits per heavy atom. The van der Waals surface area contributed by atoms with Crippen LogP contribution in [0.5, 0.6) is 0 Å². The summed E-state index contributed by atoms with van der Waals surface area (Å²) in [4.78, 5) is 20.2. The van der Waals surface area contributed by atoms with Gasteiger partial charge in [0, 0.05) is 30.3 Å². The van der Waals surface area contributed by atoms with Crippen molar-refractivity contribution in [2.24, 2.45) is 4.99 Å². The smallest absolute Gasteiger partial charge is 0.257 e. The molecule has 0 saturated carbocycles. The molecule has 2 aromatic rings. The first-order chi connectivity index (χ1) is 11.1. The maximum atomic E-state index is 12.2. The molecule has 2 rings (SSSR count). The van der Waals surface area contributed by atoms with Gasteiger partial charge in [-0.2, -0.15) is 0 Å². The molecule has 0 saturated heterocycles. The third-order valence-corrected chi connectivity index (χ3v) is 3.24. The van der Waals surface area contributed by atoms with Crippen molar-refractivity contribution in [1.29, 1.82) is 0 Å². The number of benzene rings is 1. The average Bonchev–Trinajstić information content (AvgIpc) is 2.56. The number of amides is 1. The van der Waals surface area contributed by atoms with Crippen LogP contribution in [0.3, 0.4) is 0 Å². The van der Waals surface area contributed by atoms with Crippen molar-refractivity contribution in [3.63, 3.8) is 0 Å². The predicted molar refractivity (Wildman–Crippen MR) is 93.5 cm³/mol. The van der Waals surface area contributed by atoms with E-state index < -0.39 is 0 Å². The molecule has 0 radical (unpaired) electrons. The van der Waals surface area contributed by atoms with Gasteiger partial charge < -0.3 is 10.6 Å². The Morgan fingerprint density at radius 3 is 2.87 bits per heavy atom. The largest absolute Gasteiger partial charge is 0.364 e. The van der Waals surface area contributed by atoms with Gasteiger partial charge >= 0.3 is 0 Å². The molecular formula is C18H20N4O. The van der Waals surface area contributed by atoms with Crippen LogP contribution >= 0.6 is 0 Å². The molecule has 0 fully saturated rings. The minimum Gasteiger partial charge on any atom is -0.364 e. The lowest BCUT2D eigenvalue weighted by Gasteiger charge is -2.16. The third kappa shape index (κ3) is 4.78. The molecule has 1 unspecified atom stereocenters. The number of aliphatic imine (C=N–C) groups is 1. The van der Waals surface area contributed by atoms with Gasteiger partial charge in [-0.3, -0.25) is 9.78 Å². The number of carbonyl (C=O) groups excluding carboxylic acids is 1. The second-order valence-electron chi connectivity index (χ2n) is 5.02. The van der Waals surface area contributed by atoms with Gasteiger partial charge in [0.15, 0.2) is 0 Å². The quantitative estimate of drug-likeness (QED) is 0.802. The molecule has 0 bridgehead atoms. The number of anilines is 1. The summed E-state index contributed by atoms with van der Waals surface area (Å²) in [5.74, 6) is 0.417. The fourth-order valence-electron chi connectivity index (χ4n) is 2.11. The zero-order chi connectivity index (χ0) is 16.7. The Morgan fingerprint density at radius 1 is 1.35 bits per heavy atom. The van der Waals surface area contributed by atoms with Gasteiger partial charge in [-0.25, -0.2) is 4.99 Å². The van der Waals surface area contributed by atoms with Crippen LogP contribution in [0.2, 0.25) is 0 Å². The van der Waals surface area contributed by atoms with Crippen LogP contribution in [-0.2, 0) is 0 Å². The number of hydrogen-bond donors (Lipinski definition) is 2. The van der Waals surface area contributed by atoms with Gasteiger partial charge in [0.1, 0.15) is 5.82 Å². The fraction of sp³-hybridized carbons (Fsp3) is 0.167. The number of rotatable bonds is 6. The van der Waals surface area contributed by atoms with E-state index in [1.807, 2.05) is 38.1 Å². The van der Waals surface area contributed by atoms with E-state index in [9.17, 15) is 4.79 Å². The Labute approximate surface area is 136 Å². The highest BCUT2D eigenvalue weighted by molar-refractivity contribution is 6.04. The summed E-state index contributed by atoms with van der Waals surface area (Å²) in [7, 11) is 0. The summed E-state index contributed by atoms with van der Waals surface area (Å²) >= 11 is 0. The van der Waals surface area contributed by atoms with Crippen molar-refractivity contribution in [1.82, 2.24) is 10.3 Å². The summed E-state index contributed by atoms with van der Waals surface area (Å²) in [6.45, 7) is 7.69. The maximum Gasteiger partial charge on any atom is 0.257 e. The van der Waals surface area contributed by atoms with Crippen molar-refractivity contribution < 1.29 is 4.79 Å². The maximum absolute atomic E-state index is 12.2. The lowest BCUT2D eigenvalue weighted by atomic mass is 10.1. The molecule has 1 aromatic carbocycles. The first-order valence-corrected chi connectivity index (χ1v) is 7.35. The van der Waals surface area contributed by atoms with Crippen LogP contribution in [0.4, 0.5) is 5.69 Å². The summed E-state index contributed by atoms with van der Waals surface area (Å²) in [6, 6.07) is 11.2. The highest BCUT2D eigenvalue weighted by atomic mass is 16.1. The zero-order valence-electron chi connectivity index (χ0n) is 13.3. The monoisotopic (exact) mass is 308 g/mol. The lowest BCUT2D eigenvalue weighted by molar-refractivity contribution is 0.102. The number of nitrogens with zero attached hydrogens (tertiary/aromatic N) is 2. The number of aromatic nitrogens is 1. The summed E-state index contributed by atoms with van der Waals surface area (Å²) in [5, 5.41) is 6.07. The van der Waals surface area contributed by atoms with Crippen LogP contribution in [0.1, 0.15) is 35.8 Å². The van der Waals surface area contributed by atoms with Crippen LogP contribution < -0.4 is 10.6 Å². The van der Waals surface area contributed by atoms with Gasteiger partial charge in [0.25, 0.3) is 5.91 Å². The highest BCUT2D eigenvalue weighted by Gasteiger charge is 2.09. The van der Waals surface area contributed by atoms with E-state index in [1.54, 1.807) is 24.5 Å². The molecule has 118 valence electrons. The normalized spacial score (nSPS) is 11.9. The number of pyridine rings is 1. The van der Waals surface area contributed by atoms with E-state index in [1.165, 1.54) is 6.20 Å². The summed E-state index contributed by atoms with van der Waals surface area (Å²) < 4.78 is 0. The Hall–Kier alpha value is -2.95. The number of carbonyl (C=O) groups is 1. The first kappa shape index (κ1) is 16.4. The Balaban J connectivity index is 2.07.